The molecule has 1 aromatic rings. The van der Waals surface area contributed by atoms with E-state index in [1.54, 1.807) is 12.4 Å². The van der Waals surface area contributed by atoms with Gasteiger partial charge in [0.15, 0.2) is 17.9 Å². The number of nitrogens with two attached hydrogens (primary N) is 1. The lowest BCUT2D eigenvalue weighted by Gasteiger charge is -2.12. The summed E-state index contributed by atoms with van der Waals surface area (Å²) in [6.45, 7) is 6.09. The summed E-state index contributed by atoms with van der Waals surface area (Å²) in [6.07, 6.45) is 3.42. The van der Waals surface area contributed by atoms with E-state index in [-0.39, 0.29) is 10.4 Å². The van der Waals surface area contributed by atoms with Crippen molar-refractivity contribution in [2.24, 2.45) is 5.14 Å². The van der Waals surface area contributed by atoms with Gasteiger partial charge in [0.2, 0.25) is 10.0 Å². The topological polar surface area (TPSA) is 64.0 Å². The second-order valence-electron chi connectivity index (χ2n) is 4.16. The van der Waals surface area contributed by atoms with Crippen LogP contribution in [0.4, 0.5) is 0 Å². The molecule has 0 aliphatic carbocycles. The Morgan fingerprint density at radius 1 is 1.21 bits per heavy atom. The number of sulfonamides is 1. The van der Waals surface area contributed by atoms with Crippen molar-refractivity contribution in [1.82, 2.24) is 0 Å². The van der Waals surface area contributed by atoms with Crippen molar-refractivity contribution in [2.45, 2.75) is 31.2 Å². The molecule has 0 fully saturated rings. The van der Waals surface area contributed by atoms with Gasteiger partial charge in [0.05, 0.1) is 4.90 Å². The zero-order valence-corrected chi connectivity index (χ0v) is 9.38. The van der Waals surface area contributed by atoms with Crippen molar-refractivity contribution in [2.75, 3.05) is 0 Å². The molecular formula is C9H15N2O2S+. The average molecular weight is 215 g/mol. The van der Waals surface area contributed by atoms with Crippen LogP contribution in [0.2, 0.25) is 0 Å². The first-order chi connectivity index (χ1) is 6.21. The lowest BCUT2D eigenvalue weighted by molar-refractivity contribution is -0.754. The predicted octanol–water partition coefficient (Wildman–Crippen LogP) is 0.376. The van der Waals surface area contributed by atoms with Gasteiger partial charge in [-0.05, 0) is 0 Å². The molecule has 5 heteroatoms. The van der Waals surface area contributed by atoms with Gasteiger partial charge in [-0.15, -0.1) is 0 Å². The van der Waals surface area contributed by atoms with Crippen LogP contribution in [0.3, 0.4) is 0 Å². The molecule has 0 radical (unpaired) electrons. The van der Waals surface area contributed by atoms with Gasteiger partial charge in [-0.2, -0.15) is 0 Å². The molecule has 0 saturated carbocycles. The van der Waals surface area contributed by atoms with E-state index < -0.39 is 10.0 Å². The largest absolute Gasteiger partial charge is 0.238 e. The Labute approximate surface area is 84.4 Å². The van der Waals surface area contributed by atoms with Crippen LogP contribution in [0.5, 0.6) is 0 Å². The smallest absolute Gasteiger partial charge is 0.225 e. The summed E-state index contributed by atoms with van der Waals surface area (Å²) < 4.78 is 23.8. The number of aromatic nitrogens is 1. The molecule has 1 rings (SSSR count). The maximum atomic E-state index is 11.0. The van der Waals surface area contributed by atoms with E-state index in [0.717, 1.165) is 0 Å². The van der Waals surface area contributed by atoms with Gasteiger partial charge in [-0.3, -0.25) is 0 Å². The molecule has 0 atom stereocenters. The molecule has 0 bridgehead atoms. The Morgan fingerprint density at radius 2 is 1.64 bits per heavy atom. The SMILES string of the molecule is CC(C)(C)[n+]1ccc(S(N)(=O)=O)cc1. The summed E-state index contributed by atoms with van der Waals surface area (Å²) in [5.74, 6) is 0. The highest BCUT2D eigenvalue weighted by atomic mass is 32.2. The Morgan fingerprint density at radius 3 is 1.93 bits per heavy atom. The minimum atomic E-state index is -3.58. The molecule has 0 aromatic carbocycles. The summed E-state index contributed by atoms with van der Waals surface area (Å²) in [5, 5.41) is 4.98. The van der Waals surface area contributed by atoms with Crippen molar-refractivity contribution in [1.29, 1.82) is 0 Å². The average Bonchev–Trinajstić information content (AvgIpc) is 2.01. The van der Waals surface area contributed by atoms with Crippen molar-refractivity contribution in [3.63, 3.8) is 0 Å². The zero-order valence-electron chi connectivity index (χ0n) is 8.56. The Balaban J connectivity index is 3.14. The third kappa shape index (κ3) is 2.52. The number of primary sulfonamides is 1. The highest BCUT2D eigenvalue weighted by Crippen LogP contribution is 2.06. The van der Waals surface area contributed by atoms with Crippen LogP contribution in [-0.2, 0) is 15.6 Å². The molecular weight excluding hydrogens is 200 g/mol. The monoisotopic (exact) mass is 215 g/mol. The third-order valence-corrected chi connectivity index (χ3v) is 2.83. The first-order valence-corrected chi connectivity index (χ1v) is 5.80. The molecule has 0 aliphatic rings. The first-order valence-electron chi connectivity index (χ1n) is 4.26. The van der Waals surface area contributed by atoms with Crippen LogP contribution in [-0.4, -0.2) is 8.42 Å². The standard InChI is InChI=1S/C9H15N2O2S/c1-9(2,3)11-6-4-8(5-7-11)14(10,12)13/h4-7H,1-3H3,(H2,10,12,13)/q+1. The van der Waals surface area contributed by atoms with Crippen LogP contribution in [0.25, 0.3) is 0 Å². The molecule has 0 saturated heterocycles. The summed E-state index contributed by atoms with van der Waals surface area (Å²) in [7, 11) is -3.58. The Kier molecular flexibility index (Phi) is 2.65. The number of nitrogens with zero attached hydrogens (tertiary/aromatic N) is 1. The summed E-state index contributed by atoms with van der Waals surface area (Å²) in [6, 6.07) is 3.00. The number of hydrogen-bond acceptors (Lipinski definition) is 2. The molecule has 4 nitrogen and oxygen atoms in total. The predicted molar refractivity (Wildman–Crippen MR) is 53.0 cm³/mol. The Hall–Kier alpha value is -0.940. The van der Waals surface area contributed by atoms with Gasteiger partial charge in [-0.25, -0.2) is 18.1 Å². The molecule has 0 unspecified atom stereocenters. The van der Waals surface area contributed by atoms with E-state index in [2.05, 4.69) is 0 Å². The molecule has 1 aromatic heterocycles. The fraction of sp³-hybridized carbons (Fsp3) is 0.444. The highest BCUT2D eigenvalue weighted by Gasteiger charge is 2.21. The zero-order chi connectivity index (χ0) is 11.0. The van der Waals surface area contributed by atoms with Crippen molar-refractivity contribution in [3.8, 4) is 0 Å². The normalized spacial score (nSPS) is 12.9. The highest BCUT2D eigenvalue weighted by molar-refractivity contribution is 7.89. The first kappa shape index (κ1) is 11.1. The molecule has 0 spiro atoms. The van der Waals surface area contributed by atoms with E-state index >= 15 is 0 Å². The molecule has 0 aliphatic heterocycles. The molecule has 1 heterocycles. The summed E-state index contributed by atoms with van der Waals surface area (Å²) >= 11 is 0. The second kappa shape index (κ2) is 3.33. The van der Waals surface area contributed by atoms with Gasteiger partial charge in [-0.1, -0.05) is 0 Å². The summed E-state index contributed by atoms with van der Waals surface area (Å²) in [4.78, 5) is 0.137. The van der Waals surface area contributed by atoms with Crippen LogP contribution >= 0.6 is 0 Å². The van der Waals surface area contributed by atoms with Crippen LogP contribution in [0.15, 0.2) is 29.4 Å². The molecule has 0 amide bonds. The van der Waals surface area contributed by atoms with E-state index in [1.807, 2.05) is 25.3 Å². The van der Waals surface area contributed by atoms with Crippen molar-refractivity contribution < 1.29 is 13.0 Å². The lowest BCUT2D eigenvalue weighted by atomic mass is 10.1. The van der Waals surface area contributed by atoms with E-state index in [0.29, 0.717) is 0 Å². The van der Waals surface area contributed by atoms with Gasteiger partial charge in [0.25, 0.3) is 0 Å². The quantitative estimate of drug-likeness (QED) is 0.688. The number of pyridine rings is 1. The maximum Gasteiger partial charge on any atom is 0.238 e. The lowest BCUT2D eigenvalue weighted by Crippen LogP contribution is -2.49. The molecule has 2 N–H and O–H groups in total. The van der Waals surface area contributed by atoms with Crippen LogP contribution in [0, 0.1) is 0 Å². The molecule has 14 heavy (non-hydrogen) atoms. The minimum absolute atomic E-state index is 0.0586. The maximum absolute atomic E-state index is 11.0. The van der Waals surface area contributed by atoms with Gasteiger partial charge >= 0.3 is 0 Å². The van der Waals surface area contributed by atoms with E-state index in [4.69, 9.17) is 5.14 Å². The number of hydrogen-bond donors (Lipinski definition) is 1. The van der Waals surface area contributed by atoms with Crippen LogP contribution in [0.1, 0.15) is 20.8 Å². The third-order valence-electron chi connectivity index (χ3n) is 1.90. The fourth-order valence-electron chi connectivity index (χ4n) is 1.05. The van der Waals surface area contributed by atoms with E-state index in [1.165, 1.54) is 12.1 Å². The minimum Gasteiger partial charge on any atom is -0.225 e. The van der Waals surface area contributed by atoms with Crippen molar-refractivity contribution >= 4 is 10.0 Å². The fourth-order valence-corrected chi connectivity index (χ4v) is 1.55. The van der Waals surface area contributed by atoms with Gasteiger partial charge in [0, 0.05) is 32.9 Å². The molecule has 78 valence electrons. The Bertz CT molecular complexity index is 415. The van der Waals surface area contributed by atoms with Gasteiger partial charge in [0.1, 0.15) is 0 Å². The van der Waals surface area contributed by atoms with Crippen molar-refractivity contribution in [3.05, 3.63) is 24.5 Å². The number of rotatable bonds is 1. The van der Waals surface area contributed by atoms with Gasteiger partial charge < -0.3 is 0 Å². The summed E-state index contributed by atoms with van der Waals surface area (Å²) in [5.41, 5.74) is -0.0586. The van der Waals surface area contributed by atoms with E-state index in [9.17, 15) is 8.42 Å². The second-order valence-corrected chi connectivity index (χ2v) is 5.72. The van der Waals surface area contributed by atoms with Crippen LogP contribution < -0.4 is 9.71 Å².